The van der Waals surface area contributed by atoms with Gasteiger partial charge in [0.25, 0.3) is 0 Å². The molecule has 1 aliphatic rings. The molecule has 1 aromatic heterocycles. The summed E-state index contributed by atoms with van der Waals surface area (Å²) in [5.74, 6) is -1.08. The molecular weight excluding hydrogens is 244 g/mol. The van der Waals surface area contributed by atoms with Crippen molar-refractivity contribution in [3.05, 3.63) is 21.7 Å². The molecule has 1 aliphatic heterocycles. The highest BCUT2D eigenvalue weighted by Gasteiger charge is 2.23. The maximum Gasteiger partial charge on any atom is 0.346 e. The van der Waals surface area contributed by atoms with Crippen molar-refractivity contribution in [2.45, 2.75) is 23.6 Å². The number of nitrogens with one attached hydrogen (secondary N) is 1. The van der Waals surface area contributed by atoms with Crippen LogP contribution >= 0.6 is 11.8 Å². The SMILES string of the molecule is Cc1[nH]c(=O)nc(SC2CCOC2)c1C(=O)O. The molecule has 0 bridgehead atoms. The first-order valence-electron chi connectivity index (χ1n) is 5.16. The van der Waals surface area contributed by atoms with Gasteiger partial charge in [-0.25, -0.2) is 9.59 Å². The number of rotatable bonds is 3. The summed E-state index contributed by atoms with van der Waals surface area (Å²) in [7, 11) is 0. The van der Waals surface area contributed by atoms with Crippen molar-refractivity contribution in [1.29, 1.82) is 0 Å². The van der Waals surface area contributed by atoms with Gasteiger partial charge in [0.05, 0.1) is 6.61 Å². The second kappa shape index (κ2) is 4.89. The summed E-state index contributed by atoms with van der Waals surface area (Å²) in [4.78, 5) is 28.5. The van der Waals surface area contributed by atoms with E-state index in [9.17, 15) is 9.59 Å². The number of carboxylic acids is 1. The van der Waals surface area contributed by atoms with Crippen LogP contribution in [0.1, 0.15) is 22.5 Å². The predicted octanol–water partition coefficient (Wildman–Crippen LogP) is 0.658. The molecule has 2 rings (SSSR count). The highest BCUT2D eigenvalue weighted by molar-refractivity contribution is 8.00. The predicted molar refractivity (Wildman–Crippen MR) is 61.6 cm³/mol. The van der Waals surface area contributed by atoms with Crippen LogP contribution in [-0.2, 0) is 4.74 Å². The van der Waals surface area contributed by atoms with Crippen molar-refractivity contribution >= 4 is 17.7 Å². The van der Waals surface area contributed by atoms with Crippen molar-refractivity contribution in [2.75, 3.05) is 13.2 Å². The van der Waals surface area contributed by atoms with Gasteiger partial charge in [0.2, 0.25) is 0 Å². The van der Waals surface area contributed by atoms with Crippen molar-refractivity contribution in [1.82, 2.24) is 9.97 Å². The molecule has 0 saturated carbocycles. The lowest BCUT2D eigenvalue weighted by Gasteiger charge is -2.09. The molecule has 1 fully saturated rings. The first kappa shape index (κ1) is 12.1. The van der Waals surface area contributed by atoms with Gasteiger partial charge in [-0.2, -0.15) is 4.98 Å². The standard InChI is InChI=1S/C10H12N2O4S/c1-5-7(9(13)14)8(12-10(15)11-5)17-6-2-3-16-4-6/h6H,2-4H2,1H3,(H,13,14)(H,11,12,15). The Morgan fingerprint density at radius 1 is 1.65 bits per heavy atom. The monoisotopic (exact) mass is 256 g/mol. The average molecular weight is 256 g/mol. The molecule has 1 saturated heterocycles. The third-order valence-electron chi connectivity index (χ3n) is 2.47. The third kappa shape index (κ3) is 2.67. The van der Waals surface area contributed by atoms with E-state index in [1.165, 1.54) is 11.8 Å². The molecule has 0 aliphatic carbocycles. The topological polar surface area (TPSA) is 92.3 Å². The van der Waals surface area contributed by atoms with Gasteiger partial charge in [-0.1, -0.05) is 11.8 Å². The Balaban J connectivity index is 2.36. The van der Waals surface area contributed by atoms with Gasteiger partial charge in [0.15, 0.2) is 0 Å². The summed E-state index contributed by atoms with van der Waals surface area (Å²) in [6, 6.07) is 0. The number of nitrogens with zero attached hydrogens (tertiary/aromatic N) is 1. The molecule has 6 nitrogen and oxygen atoms in total. The lowest BCUT2D eigenvalue weighted by atomic mass is 10.2. The van der Waals surface area contributed by atoms with Gasteiger partial charge in [0, 0.05) is 17.6 Å². The van der Waals surface area contributed by atoms with E-state index in [1.807, 2.05) is 0 Å². The molecular formula is C10H12N2O4S. The molecule has 2 N–H and O–H groups in total. The summed E-state index contributed by atoms with van der Waals surface area (Å²) in [5.41, 5.74) is -0.116. The zero-order valence-corrected chi connectivity index (χ0v) is 10.0. The Hall–Kier alpha value is -1.34. The van der Waals surface area contributed by atoms with Crippen molar-refractivity contribution in [3.8, 4) is 0 Å². The summed E-state index contributed by atoms with van der Waals surface area (Å²) in [6.45, 7) is 2.79. The van der Waals surface area contributed by atoms with Crippen LogP contribution in [0.4, 0.5) is 0 Å². The average Bonchev–Trinajstić information content (AvgIpc) is 2.68. The van der Waals surface area contributed by atoms with Crippen LogP contribution in [-0.4, -0.2) is 39.5 Å². The van der Waals surface area contributed by atoms with E-state index < -0.39 is 11.7 Å². The van der Waals surface area contributed by atoms with Crippen molar-refractivity contribution in [3.63, 3.8) is 0 Å². The van der Waals surface area contributed by atoms with Crippen LogP contribution in [0.2, 0.25) is 0 Å². The van der Waals surface area contributed by atoms with Crippen LogP contribution < -0.4 is 5.69 Å². The Morgan fingerprint density at radius 2 is 2.41 bits per heavy atom. The smallest absolute Gasteiger partial charge is 0.346 e. The third-order valence-corrected chi connectivity index (χ3v) is 3.69. The molecule has 0 spiro atoms. The Labute approximate surface area is 101 Å². The molecule has 1 unspecified atom stereocenters. The van der Waals surface area contributed by atoms with Crippen LogP contribution in [0.25, 0.3) is 0 Å². The number of aromatic carboxylic acids is 1. The normalized spacial score (nSPS) is 19.5. The van der Waals surface area contributed by atoms with Gasteiger partial charge < -0.3 is 14.8 Å². The van der Waals surface area contributed by atoms with E-state index in [4.69, 9.17) is 9.84 Å². The fourth-order valence-electron chi connectivity index (χ4n) is 1.66. The van der Waals surface area contributed by atoms with Gasteiger partial charge in [-0.05, 0) is 13.3 Å². The van der Waals surface area contributed by atoms with Crippen molar-refractivity contribution in [2.24, 2.45) is 0 Å². The lowest BCUT2D eigenvalue weighted by molar-refractivity contribution is 0.0690. The highest BCUT2D eigenvalue weighted by atomic mass is 32.2. The Kier molecular flexibility index (Phi) is 3.49. The number of aryl methyl sites for hydroxylation is 1. The zero-order valence-electron chi connectivity index (χ0n) is 9.23. The van der Waals surface area contributed by atoms with E-state index in [2.05, 4.69) is 9.97 Å². The number of carbonyl (C=O) groups is 1. The van der Waals surface area contributed by atoms with E-state index in [1.54, 1.807) is 6.92 Å². The minimum atomic E-state index is -1.08. The molecule has 92 valence electrons. The number of aromatic nitrogens is 2. The fraction of sp³-hybridized carbons (Fsp3) is 0.500. The summed E-state index contributed by atoms with van der Waals surface area (Å²) in [6.07, 6.45) is 0.844. The van der Waals surface area contributed by atoms with E-state index in [0.29, 0.717) is 18.9 Å². The Bertz CT molecular complexity index is 494. The maximum absolute atomic E-state index is 11.3. The second-order valence-electron chi connectivity index (χ2n) is 3.76. The first-order chi connectivity index (χ1) is 8.08. The molecule has 2 heterocycles. The van der Waals surface area contributed by atoms with Gasteiger partial charge in [-0.15, -0.1) is 0 Å². The zero-order chi connectivity index (χ0) is 12.4. The van der Waals surface area contributed by atoms with Crippen LogP contribution in [0, 0.1) is 6.92 Å². The molecule has 0 aromatic carbocycles. The minimum Gasteiger partial charge on any atom is -0.478 e. The molecule has 0 radical (unpaired) electrons. The quantitative estimate of drug-likeness (QED) is 0.772. The van der Waals surface area contributed by atoms with Crippen LogP contribution in [0.3, 0.4) is 0 Å². The van der Waals surface area contributed by atoms with E-state index >= 15 is 0 Å². The number of hydrogen-bond acceptors (Lipinski definition) is 5. The first-order valence-corrected chi connectivity index (χ1v) is 6.04. The largest absolute Gasteiger partial charge is 0.478 e. The molecule has 0 amide bonds. The summed E-state index contributed by atoms with van der Waals surface area (Å²) in [5, 5.41) is 9.55. The van der Waals surface area contributed by atoms with Gasteiger partial charge in [0.1, 0.15) is 10.6 Å². The van der Waals surface area contributed by atoms with Crippen LogP contribution in [0.5, 0.6) is 0 Å². The molecule has 17 heavy (non-hydrogen) atoms. The Morgan fingerprint density at radius 3 is 3.00 bits per heavy atom. The summed E-state index contributed by atoms with van der Waals surface area (Å²) < 4.78 is 5.21. The second-order valence-corrected chi connectivity index (χ2v) is 5.04. The summed E-state index contributed by atoms with van der Waals surface area (Å²) >= 11 is 1.30. The highest BCUT2D eigenvalue weighted by Crippen LogP contribution is 2.29. The fourth-order valence-corrected chi connectivity index (χ4v) is 2.85. The number of ether oxygens (including phenoxy) is 1. The van der Waals surface area contributed by atoms with Crippen LogP contribution in [0.15, 0.2) is 9.82 Å². The number of aromatic amines is 1. The van der Waals surface area contributed by atoms with E-state index in [-0.39, 0.29) is 15.8 Å². The maximum atomic E-state index is 11.3. The molecule has 1 aromatic rings. The minimum absolute atomic E-state index is 0.0708. The van der Waals surface area contributed by atoms with Gasteiger partial charge >= 0.3 is 11.7 Å². The number of carboxylic acid groups (broad SMARTS) is 1. The number of thioether (sulfide) groups is 1. The van der Waals surface area contributed by atoms with Gasteiger partial charge in [-0.3, -0.25) is 0 Å². The number of H-pyrrole nitrogens is 1. The molecule has 7 heteroatoms. The molecule has 1 atom stereocenters. The van der Waals surface area contributed by atoms with E-state index in [0.717, 1.165) is 6.42 Å². The van der Waals surface area contributed by atoms with Crippen molar-refractivity contribution < 1.29 is 14.6 Å². The number of hydrogen-bond donors (Lipinski definition) is 2. The lowest BCUT2D eigenvalue weighted by Crippen LogP contribution is -2.19.